The van der Waals surface area contributed by atoms with Crippen LogP contribution in [0, 0.1) is 0 Å². The minimum atomic E-state index is -0.602. The van der Waals surface area contributed by atoms with Crippen molar-refractivity contribution >= 4 is 5.97 Å². The first-order valence-corrected chi connectivity index (χ1v) is 7.57. The Morgan fingerprint density at radius 1 is 1.50 bits per heavy atom. The van der Waals surface area contributed by atoms with Crippen LogP contribution in [0.2, 0.25) is 0 Å². The molecule has 0 heterocycles. The van der Waals surface area contributed by atoms with Crippen molar-refractivity contribution in [2.24, 2.45) is 0 Å². The minimum Gasteiger partial charge on any atom is -0.468 e. The maximum Gasteiger partial charge on any atom is 0.325 e. The summed E-state index contributed by atoms with van der Waals surface area (Å²) in [5.74, 6) is -0.172. The molecule has 0 saturated heterocycles. The molecule has 5 heteroatoms. The molecule has 2 unspecified atom stereocenters. The number of hydrogen-bond donors (Lipinski definition) is 1. The van der Waals surface area contributed by atoms with Crippen LogP contribution in [0.15, 0.2) is 0 Å². The number of esters is 1. The monoisotopic (exact) mass is 286 g/mol. The Bertz CT molecular complexity index is 307. The third kappa shape index (κ3) is 5.38. The van der Waals surface area contributed by atoms with Crippen molar-refractivity contribution in [1.82, 2.24) is 10.2 Å². The maximum atomic E-state index is 12.1. The molecule has 5 nitrogen and oxygen atoms in total. The highest BCUT2D eigenvalue weighted by Crippen LogP contribution is 2.26. The van der Waals surface area contributed by atoms with Crippen molar-refractivity contribution in [2.75, 3.05) is 33.9 Å². The Morgan fingerprint density at radius 3 is 2.65 bits per heavy atom. The summed E-state index contributed by atoms with van der Waals surface area (Å²) in [6.07, 6.45) is 3.04. The topological polar surface area (TPSA) is 50.8 Å². The third-order valence-corrected chi connectivity index (χ3v) is 3.98. The first-order valence-electron chi connectivity index (χ1n) is 7.57. The van der Waals surface area contributed by atoms with E-state index in [0.29, 0.717) is 6.04 Å². The molecule has 0 aliphatic heterocycles. The van der Waals surface area contributed by atoms with Crippen LogP contribution in [0.5, 0.6) is 0 Å². The van der Waals surface area contributed by atoms with Gasteiger partial charge in [0.25, 0.3) is 0 Å². The average molecular weight is 286 g/mol. The van der Waals surface area contributed by atoms with Crippen LogP contribution in [0.4, 0.5) is 0 Å². The highest BCUT2D eigenvalue weighted by Gasteiger charge is 2.40. The van der Waals surface area contributed by atoms with Crippen molar-refractivity contribution in [3.05, 3.63) is 0 Å². The first-order chi connectivity index (χ1) is 9.42. The molecule has 2 atom stereocenters. The van der Waals surface area contributed by atoms with E-state index in [1.165, 1.54) is 7.11 Å². The van der Waals surface area contributed by atoms with E-state index < -0.39 is 5.54 Å². The summed E-state index contributed by atoms with van der Waals surface area (Å²) >= 11 is 0. The number of hydrogen-bond acceptors (Lipinski definition) is 5. The van der Waals surface area contributed by atoms with E-state index in [2.05, 4.69) is 24.2 Å². The van der Waals surface area contributed by atoms with Gasteiger partial charge in [-0.15, -0.1) is 0 Å². The van der Waals surface area contributed by atoms with Gasteiger partial charge in [-0.3, -0.25) is 10.1 Å². The third-order valence-electron chi connectivity index (χ3n) is 3.98. The van der Waals surface area contributed by atoms with E-state index in [1.807, 2.05) is 13.8 Å². The number of rotatable bonds is 10. The lowest BCUT2D eigenvalue weighted by atomic mass is 9.92. The highest BCUT2D eigenvalue weighted by atomic mass is 16.5. The van der Waals surface area contributed by atoms with Crippen molar-refractivity contribution in [3.8, 4) is 0 Å². The summed E-state index contributed by atoms with van der Waals surface area (Å²) in [7, 11) is 3.52. The molecule has 0 spiro atoms. The second-order valence-corrected chi connectivity index (χ2v) is 5.97. The maximum absolute atomic E-state index is 12.1. The Hall–Kier alpha value is -0.650. The summed E-state index contributed by atoms with van der Waals surface area (Å²) in [6, 6.07) is 0.755. The van der Waals surface area contributed by atoms with Crippen LogP contribution in [0.1, 0.15) is 40.0 Å². The molecule has 0 aromatic carbocycles. The molecule has 0 bridgehead atoms. The van der Waals surface area contributed by atoms with Gasteiger partial charge in [0.2, 0.25) is 0 Å². The molecule has 118 valence electrons. The molecule has 1 rings (SSSR count). The molecule has 1 aliphatic carbocycles. The normalized spacial score (nSPS) is 19.7. The molecule has 20 heavy (non-hydrogen) atoms. The number of likely N-dealkylation sites (N-methyl/N-ethyl adjacent to an activating group) is 1. The summed E-state index contributed by atoms with van der Waals surface area (Å²) in [6.45, 7) is 8.42. The molecule has 1 N–H and O–H groups in total. The van der Waals surface area contributed by atoms with Crippen molar-refractivity contribution in [1.29, 1.82) is 0 Å². The number of nitrogens with zero attached hydrogens (tertiary/aromatic N) is 1. The number of nitrogens with one attached hydrogen (secondary N) is 1. The van der Waals surface area contributed by atoms with Gasteiger partial charge in [0.1, 0.15) is 5.54 Å². The van der Waals surface area contributed by atoms with Gasteiger partial charge < -0.3 is 14.4 Å². The summed E-state index contributed by atoms with van der Waals surface area (Å²) in [5.41, 5.74) is -0.602. The predicted octanol–water partition coefficient (Wildman–Crippen LogP) is 1.42. The Labute approximate surface area is 123 Å². The van der Waals surface area contributed by atoms with Crippen molar-refractivity contribution in [3.63, 3.8) is 0 Å². The SMILES string of the molecule is CCOCCN(C)C(C)CC(C)(NC1CC1)C(=O)OC. The average Bonchev–Trinajstić information content (AvgIpc) is 3.21. The number of carbonyl (C=O) groups is 1. The van der Waals surface area contributed by atoms with Crippen LogP contribution in [-0.2, 0) is 14.3 Å². The quantitative estimate of drug-likeness (QED) is 0.486. The van der Waals surface area contributed by atoms with Gasteiger partial charge in [-0.1, -0.05) is 0 Å². The van der Waals surface area contributed by atoms with Crippen LogP contribution >= 0.6 is 0 Å². The lowest BCUT2D eigenvalue weighted by Crippen LogP contribution is -2.54. The number of carbonyl (C=O) groups excluding carboxylic acids is 1. The lowest BCUT2D eigenvalue weighted by molar-refractivity contribution is -0.149. The first kappa shape index (κ1) is 17.4. The van der Waals surface area contributed by atoms with E-state index in [9.17, 15) is 4.79 Å². The van der Waals surface area contributed by atoms with Crippen LogP contribution in [-0.4, -0.2) is 62.4 Å². The molecule has 0 radical (unpaired) electrons. The minimum absolute atomic E-state index is 0.172. The summed E-state index contributed by atoms with van der Waals surface area (Å²) < 4.78 is 10.4. The molecule has 1 fully saturated rings. The second-order valence-electron chi connectivity index (χ2n) is 5.97. The molecule has 0 aromatic rings. The molecule has 0 amide bonds. The van der Waals surface area contributed by atoms with E-state index >= 15 is 0 Å². The Morgan fingerprint density at radius 2 is 2.15 bits per heavy atom. The van der Waals surface area contributed by atoms with Gasteiger partial charge in [0, 0.05) is 25.2 Å². The van der Waals surface area contributed by atoms with Gasteiger partial charge in [0.15, 0.2) is 0 Å². The zero-order chi connectivity index (χ0) is 15.2. The van der Waals surface area contributed by atoms with E-state index in [-0.39, 0.29) is 12.0 Å². The Kier molecular flexibility index (Phi) is 6.92. The smallest absolute Gasteiger partial charge is 0.325 e. The second kappa shape index (κ2) is 7.96. The fourth-order valence-electron chi connectivity index (χ4n) is 2.42. The van der Waals surface area contributed by atoms with Gasteiger partial charge in [-0.2, -0.15) is 0 Å². The highest BCUT2D eigenvalue weighted by molar-refractivity contribution is 5.80. The predicted molar refractivity (Wildman–Crippen MR) is 79.8 cm³/mol. The fourth-order valence-corrected chi connectivity index (χ4v) is 2.42. The van der Waals surface area contributed by atoms with Crippen LogP contribution in [0.3, 0.4) is 0 Å². The molecule has 0 aromatic heterocycles. The van der Waals surface area contributed by atoms with Gasteiger partial charge in [-0.25, -0.2) is 0 Å². The fraction of sp³-hybridized carbons (Fsp3) is 0.933. The lowest BCUT2D eigenvalue weighted by Gasteiger charge is -2.34. The van der Waals surface area contributed by atoms with Crippen molar-refractivity contribution in [2.45, 2.75) is 57.7 Å². The van der Waals surface area contributed by atoms with Gasteiger partial charge >= 0.3 is 5.97 Å². The van der Waals surface area contributed by atoms with Gasteiger partial charge in [0.05, 0.1) is 13.7 Å². The molecule has 1 saturated carbocycles. The number of methoxy groups -OCH3 is 1. The standard InChI is InChI=1S/C15H30N2O3/c1-6-20-10-9-17(4)12(2)11-15(3,14(18)19-5)16-13-7-8-13/h12-13,16H,6-11H2,1-5H3. The van der Waals surface area contributed by atoms with E-state index in [0.717, 1.165) is 39.0 Å². The summed E-state index contributed by atoms with van der Waals surface area (Å²) in [4.78, 5) is 14.3. The van der Waals surface area contributed by atoms with E-state index in [4.69, 9.17) is 9.47 Å². The number of ether oxygens (including phenoxy) is 2. The van der Waals surface area contributed by atoms with Crippen molar-refractivity contribution < 1.29 is 14.3 Å². The molecule has 1 aliphatic rings. The molecular weight excluding hydrogens is 256 g/mol. The van der Waals surface area contributed by atoms with Crippen LogP contribution < -0.4 is 5.32 Å². The van der Waals surface area contributed by atoms with Crippen LogP contribution in [0.25, 0.3) is 0 Å². The van der Waals surface area contributed by atoms with Gasteiger partial charge in [-0.05, 0) is 47.1 Å². The Balaban J connectivity index is 2.52. The zero-order valence-electron chi connectivity index (χ0n) is 13.6. The largest absolute Gasteiger partial charge is 0.468 e. The zero-order valence-corrected chi connectivity index (χ0v) is 13.6. The molecular formula is C15H30N2O3. The summed E-state index contributed by atoms with van der Waals surface area (Å²) in [5, 5.41) is 3.44. The van der Waals surface area contributed by atoms with E-state index in [1.54, 1.807) is 0 Å².